The van der Waals surface area contributed by atoms with Crippen molar-refractivity contribution in [3.63, 3.8) is 0 Å². The van der Waals surface area contributed by atoms with Crippen molar-refractivity contribution in [1.29, 1.82) is 0 Å². The van der Waals surface area contributed by atoms with Crippen LogP contribution in [-0.2, 0) is 0 Å². The van der Waals surface area contributed by atoms with Crippen LogP contribution in [-0.4, -0.2) is 0 Å². The van der Waals surface area contributed by atoms with Crippen LogP contribution in [0.25, 0.3) is 0 Å². The van der Waals surface area contributed by atoms with Gasteiger partial charge in [-0.15, -0.1) is 11.3 Å². The molecule has 1 aromatic heterocycles. The zero-order chi connectivity index (χ0) is 12.6. The SMILES string of the molecule is Clc1ccc(I)c(C(Br)c2cc(Br)c(Br)s2)c1. The Balaban J connectivity index is 2.42. The van der Waals surface area contributed by atoms with Crippen molar-refractivity contribution in [3.8, 4) is 0 Å². The Labute approximate surface area is 148 Å². The quantitative estimate of drug-likeness (QED) is 0.269. The molecular formula is C11H5Br3ClIS. The zero-order valence-corrected chi connectivity index (χ0v) is 16.7. The fourth-order valence-corrected chi connectivity index (χ4v) is 5.48. The summed E-state index contributed by atoms with van der Waals surface area (Å²) in [4.78, 5) is 1.41. The summed E-state index contributed by atoms with van der Waals surface area (Å²) in [5, 5.41) is 0.763. The van der Waals surface area contributed by atoms with Gasteiger partial charge in [0.15, 0.2) is 0 Å². The Hall–Kier alpha value is 1.38. The third kappa shape index (κ3) is 3.48. The van der Waals surface area contributed by atoms with Gasteiger partial charge in [-0.3, -0.25) is 0 Å². The van der Waals surface area contributed by atoms with Crippen LogP contribution in [0.2, 0.25) is 5.02 Å². The fraction of sp³-hybridized carbons (Fsp3) is 0.0909. The van der Waals surface area contributed by atoms with Crippen molar-refractivity contribution >= 4 is 93.3 Å². The Morgan fingerprint density at radius 1 is 1.24 bits per heavy atom. The second kappa shape index (κ2) is 6.22. The van der Waals surface area contributed by atoms with E-state index in [-0.39, 0.29) is 4.83 Å². The van der Waals surface area contributed by atoms with E-state index in [0.717, 1.165) is 13.3 Å². The molecule has 1 unspecified atom stereocenters. The molecule has 2 aromatic rings. The smallest absolute Gasteiger partial charge is 0.0843 e. The van der Waals surface area contributed by atoms with E-state index in [1.807, 2.05) is 18.2 Å². The maximum absolute atomic E-state index is 6.05. The van der Waals surface area contributed by atoms with Gasteiger partial charge in [0.2, 0.25) is 0 Å². The Morgan fingerprint density at radius 3 is 2.53 bits per heavy atom. The van der Waals surface area contributed by atoms with E-state index in [4.69, 9.17) is 11.6 Å². The summed E-state index contributed by atoms with van der Waals surface area (Å²) in [6.45, 7) is 0. The van der Waals surface area contributed by atoms with E-state index in [1.165, 1.54) is 14.0 Å². The highest BCUT2D eigenvalue weighted by Gasteiger charge is 2.17. The van der Waals surface area contributed by atoms with Gasteiger partial charge in [0, 0.05) is 17.9 Å². The molecule has 17 heavy (non-hydrogen) atoms. The molecule has 1 aromatic carbocycles. The predicted octanol–water partition coefficient (Wildman–Crippen LogP) is 7.02. The Morgan fingerprint density at radius 2 is 1.94 bits per heavy atom. The molecule has 0 fully saturated rings. The van der Waals surface area contributed by atoms with Crippen molar-refractivity contribution in [1.82, 2.24) is 0 Å². The van der Waals surface area contributed by atoms with Crippen LogP contribution in [0.4, 0.5) is 0 Å². The number of halogens is 5. The predicted molar refractivity (Wildman–Crippen MR) is 94.7 cm³/mol. The summed E-state index contributed by atoms with van der Waals surface area (Å²) in [6, 6.07) is 8.06. The minimum absolute atomic E-state index is 0.167. The highest BCUT2D eigenvalue weighted by molar-refractivity contribution is 14.1. The summed E-state index contributed by atoms with van der Waals surface area (Å²) >= 11 is 20.8. The number of rotatable bonds is 2. The molecular weight excluding hydrogens is 566 g/mol. The zero-order valence-electron chi connectivity index (χ0n) is 8.18. The number of hydrogen-bond donors (Lipinski definition) is 0. The third-order valence-electron chi connectivity index (χ3n) is 2.15. The number of alkyl halides is 1. The van der Waals surface area contributed by atoms with Crippen LogP contribution < -0.4 is 0 Å². The van der Waals surface area contributed by atoms with Gasteiger partial charge in [-0.05, 0) is 84.3 Å². The summed E-state index contributed by atoms with van der Waals surface area (Å²) in [5.41, 5.74) is 1.19. The van der Waals surface area contributed by atoms with Crippen LogP contribution in [0.1, 0.15) is 15.3 Å². The third-order valence-corrected chi connectivity index (χ3v) is 7.97. The molecule has 0 nitrogen and oxygen atoms in total. The normalized spacial score (nSPS) is 12.8. The molecule has 1 heterocycles. The van der Waals surface area contributed by atoms with Gasteiger partial charge in [-0.2, -0.15) is 0 Å². The molecule has 6 heteroatoms. The minimum Gasteiger partial charge on any atom is -0.131 e. The summed E-state index contributed by atoms with van der Waals surface area (Å²) in [5.74, 6) is 0. The van der Waals surface area contributed by atoms with Crippen LogP contribution >= 0.6 is 93.3 Å². The number of hydrogen-bond acceptors (Lipinski definition) is 1. The van der Waals surface area contributed by atoms with Crippen molar-refractivity contribution in [2.45, 2.75) is 4.83 Å². The molecule has 0 aliphatic heterocycles. The lowest BCUT2D eigenvalue weighted by atomic mass is 10.1. The van der Waals surface area contributed by atoms with Crippen molar-refractivity contribution < 1.29 is 0 Å². The number of thiophene rings is 1. The van der Waals surface area contributed by atoms with Gasteiger partial charge in [0.05, 0.1) is 8.61 Å². The molecule has 0 spiro atoms. The molecule has 2 rings (SSSR count). The Kier molecular flexibility index (Phi) is 5.41. The van der Waals surface area contributed by atoms with Crippen LogP contribution in [0.5, 0.6) is 0 Å². The van der Waals surface area contributed by atoms with Crippen LogP contribution in [0.3, 0.4) is 0 Å². The van der Waals surface area contributed by atoms with E-state index in [0.29, 0.717) is 0 Å². The summed E-state index contributed by atoms with van der Waals surface area (Å²) < 4.78 is 3.39. The number of benzene rings is 1. The van der Waals surface area contributed by atoms with Crippen molar-refractivity contribution in [3.05, 3.63) is 51.6 Å². The standard InChI is InChI=1S/C11H5Br3ClIS/c12-7-4-9(17-11(7)14)10(13)6-3-5(15)1-2-8(6)16/h1-4,10H. The lowest BCUT2D eigenvalue weighted by Gasteiger charge is -2.10. The lowest BCUT2D eigenvalue weighted by Crippen LogP contribution is -1.93. The highest BCUT2D eigenvalue weighted by atomic mass is 127. The topological polar surface area (TPSA) is 0 Å². The van der Waals surface area contributed by atoms with Gasteiger partial charge >= 0.3 is 0 Å². The van der Waals surface area contributed by atoms with E-state index in [2.05, 4.69) is 76.4 Å². The second-order valence-electron chi connectivity index (χ2n) is 3.30. The van der Waals surface area contributed by atoms with E-state index in [1.54, 1.807) is 11.3 Å². The van der Waals surface area contributed by atoms with Gasteiger partial charge in [0.1, 0.15) is 0 Å². The monoisotopic (exact) mass is 568 g/mol. The molecule has 0 bridgehead atoms. The van der Waals surface area contributed by atoms with Crippen LogP contribution in [0, 0.1) is 3.57 Å². The molecule has 90 valence electrons. The molecule has 0 radical (unpaired) electrons. The van der Waals surface area contributed by atoms with E-state index in [9.17, 15) is 0 Å². The lowest BCUT2D eigenvalue weighted by molar-refractivity contribution is 1.20. The largest absolute Gasteiger partial charge is 0.131 e. The average molecular weight is 571 g/mol. The summed E-state index contributed by atoms with van der Waals surface area (Å²) in [6.07, 6.45) is 0. The first kappa shape index (κ1) is 14.8. The highest BCUT2D eigenvalue weighted by Crippen LogP contribution is 2.42. The molecule has 0 amide bonds. The first-order valence-electron chi connectivity index (χ1n) is 4.53. The minimum atomic E-state index is 0.167. The van der Waals surface area contributed by atoms with Gasteiger partial charge in [-0.1, -0.05) is 27.5 Å². The van der Waals surface area contributed by atoms with Gasteiger partial charge < -0.3 is 0 Å². The van der Waals surface area contributed by atoms with Gasteiger partial charge in [0.25, 0.3) is 0 Å². The molecule has 0 N–H and O–H groups in total. The molecule has 0 aliphatic carbocycles. The van der Waals surface area contributed by atoms with E-state index < -0.39 is 0 Å². The first-order chi connectivity index (χ1) is 7.99. The average Bonchev–Trinajstić information content (AvgIpc) is 2.62. The Bertz CT molecular complexity index is 536. The van der Waals surface area contributed by atoms with Gasteiger partial charge in [-0.25, -0.2) is 0 Å². The summed E-state index contributed by atoms with van der Waals surface area (Å²) in [7, 11) is 0. The maximum Gasteiger partial charge on any atom is 0.0843 e. The molecule has 0 aliphatic rings. The molecule has 0 saturated carbocycles. The van der Waals surface area contributed by atoms with Crippen LogP contribution in [0.15, 0.2) is 32.5 Å². The maximum atomic E-state index is 6.05. The second-order valence-corrected chi connectivity index (χ2v) is 9.07. The molecule has 0 saturated heterocycles. The van der Waals surface area contributed by atoms with E-state index >= 15 is 0 Å². The van der Waals surface area contributed by atoms with Crippen molar-refractivity contribution in [2.75, 3.05) is 0 Å². The first-order valence-corrected chi connectivity index (χ1v) is 9.30. The van der Waals surface area contributed by atoms with Crippen molar-refractivity contribution in [2.24, 2.45) is 0 Å². The fourth-order valence-electron chi connectivity index (χ4n) is 1.35. The molecule has 1 atom stereocenters.